The lowest BCUT2D eigenvalue weighted by molar-refractivity contribution is -0.146. The van der Waals surface area contributed by atoms with Crippen LogP contribution in [0.15, 0.2) is 30.3 Å². The summed E-state index contributed by atoms with van der Waals surface area (Å²) in [6.07, 6.45) is 4.98. The minimum absolute atomic E-state index is 0.136. The van der Waals surface area contributed by atoms with Crippen LogP contribution in [-0.4, -0.2) is 41.4 Å². The number of piperidine rings is 2. The number of nitrogens with zero attached hydrogens (tertiary/aromatic N) is 2. The maximum Gasteiger partial charge on any atom is 0.239 e. The first-order chi connectivity index (χ1) is 10.3. The first kappa shape index (κ1) is 13.3. The van der Waals surface area contributed by atoms with Gasteiger partial charge in [-0.15, -0.1) is 0 Å². The van der Waals surface area contributed by atoms with Crippen molar-refractivity contribution in [3.63, 3.8) is 0 Å². The molecule has 0 aromatic heterocycles. The van der Waals surface area contributed by atoms with Crippen LogP contribution in [0.5, 0.6) is 0 Å². The van der Waals surface area contributed by atoms with Crippen molar-refractivity contribution in [3.05, 3.63) is 35.9 Å². The second-order valence-corrected chi connectivity index (χ2v) is 7.05. The Hall–Kier alpha value is -1.35. The summed E-state index contributed by atoms with van der Waals surface area (Å²) in [5, 5.41) is 0. The van der Waals surface area contributed by atoms with E-state index in [-0.39, 0.29) is 6.04 Å². The smallest absolute Gasteiger partial charge is 0.239 e. The van der Waals surface area contributed by atoms with Crippen molar-refractivity contribution in [1.82, 2.24) is 9.80 Å². The molecule has 2 atom stereocenters. The van der Waals surface area contributed by atoms with Crippen LogP contribution in [0.4, 0.5) is 0 Å². The quantitative estimate of drug-likeness (QED) is 0.848. The van der Waals surface area contributed by atoms with Gasteiger partial charge in [-0.3, -0.25) is 9.69 Å². The van der Waals surface area contributed by atoms with Crippen molar-refractivity contribution in [2.75, 3.05) is 19.6 Å². The molecule has 2 saturated heterocycles. The molecule has 1 saturated carbocycles. The van der Waals surface area contributed by atoms with Crippen LogP contribution in [0, 0.1) is 11.8 Å². The van der Waals surface area contributed by atoms with Crippen molar-refractivity contribution >= 4 is 5.91 Å². The van der Waals surface area contributed by atoms with Gasteiger partial charge in [0.1, 0.15) is 0 Å². The molecule has 1 aromatic carbocycles. The van der Waals surface area contributed by atoms with Crippen molar-refractivity contribution < 1.29 is 4.79 Å². The normalized spacial score (nSPS) is 29.7. The third kappa shape index (κ3) is 2.84. The fourth-order valence-corrected chi connectivity index (χ4v) is 3.91. The average molecular weight is 284 g/mol. The topological polar surface area (TPSA) is 23.6 Å². The second kappa shape index (κ2) is 5.45. The Morgan fingerprint density at radius 3 is 2.67 bits per heavy atom. The Labute approximate surface area is 126 Å². The van der Waals surface area contributed by atoms with Gasteiger partial charge in [0.15, 0.2) is 0 Å². The molecule has 2 aliphatic heterocycles. The van der Waals surface area contributed by atoms with Crippen LogP contribution in [0.3, 0.4) is 0 Å². The molecular weight excluding hydrogens is 260 g/mol. The van der Waals surface area contributed by atoms with Crippen molar-refractivity contribution in [2.45, 2.75) is 38.3 Å². The van der Waals surface area contributed by atoms with Gasteiger partial charge in [-0.25, -0.2) is 0 Å². The molecule has 112 valence electrons. The number of likely N-dealkylation sites (tertiary alicyclic amines) is 2. The monoisotopic (exact) mass is 284 g/mol. The number of fused-ring (bicyclic) bond motifs is 2. The van der Waals surface area contributed by atoms with E-state index in [0.29, 0.717) is 5.91 Å². The highest BCUT2D eigenvalue weighted by Crippen LogP contribution is 2.35. The van der Waals surface area contributed by atoms with E-state index in [4.69, 9.17) is 0 Å². The summed E-state index contributed by atoms with van der Waals surface area (Å²) in [4.78, 5) is 17.4. The third-order valence-corrected chi connectivity index (χ3v) is 5.30. The minimum atomic E-state index is 0.136. The molecule has 0 N–H and O–H groups in total. The number of carbonyl (C=O) groups excluding carboxylic acids is 1. The number of hydrogen-bond acceptors (Lipinski definition) is 2. The predicted octanol–water partition coefficient (Wildman–Crippen LogP) is 2.52. The summed E-state index contributed by atoms with van der Waals surface area (Å²) in [6, 6.07) is 10.7. The lowest BCUT2D eigenvalue weighted by atomic mass is 9.85. The van der Waals surface area contributed by atoms with Crippen molar-refractivity contribution in [2.24, 2.45) is 11.8 Å². The molecular formula is C18H24N2O. The number of amides is 1. The van der Waals surface area contributed by atoms with Crippen molar-refractivity contribution in [1.29, 1.82) is 0 Å². The largest absolute Gasteiger partial charge is 0.341 e. The lowest BCUT2D eigenvalue weighted by Crippen LogP contribution is -2.58. The Kier molecular flexibility index (Phi) is 3.46. The van der Waals surface area contributed by atoms with Gasteiger partial charge in [0.05, 0.1) is 6.04 Å². The zero-order valence-electron chi connectivity index (χ0n) is 12.6. The molecule has 0 spiro atoms. The highest BCUT2D eigenvalue weighted by molar-refractivity contribution is 5.83. The van der Waals surface area contributed by atoms with Gasteiger partial charge >= 0.3 is 0 Å². The van der Waals surface area contributed by atoms with Gasteiger partial charge in [-0.2, -0.15) is 0 Å². The summed E-state index contributed by atoms with van der Waals surface area (Å²) in [7, 11) is 0. The lowest BCUT2D eigenvalue weighted by Gasteiger charge is -2.46. The van der Waals surface area contributed by atoms with Gasteiger partial charge in [-0.05, 0) is 49.6 Å². The molecule has 4 rings (SSSR count). The number of hydrogen-bond donors (Lipinski definition) is 0. The van der Waals surface area contributed by atoms with Crippen LogP contribution in [-0.2, 0) is 11.3 Å². The predicted molar refractivity (Wildman–Crippen MR) is 82.7 cm³/mol. The number of benzene rings is 1. The maximum absolute atomic E-state index is 12.8. The van der Waals surface area contributed by atoms with Gasteiger partial charge in [0, 0.05) is 19.6 Å². The highest BCUT2D eigenvalue weighted by atomic mass is 16.2. The number of rotatable bonds is 4. The Morgan fingerprint density at radius 2 is 1.90 bits per heavy atom. The van der Waals surface area contributed by atoms with Crippen LogP contribution in [0.25, 0.3) is 0 Å². The molecule has 3 nitrogen and oxygen atoms in total. The van der Waals surface area contributed by atoms with Gasteiger partial charge in [-0.1, -0.05) is 30.3 Å². The zero-order chi connectivity index (χ0) is 14.2. The summed E-state index contributed by atoms with van der Waals surface area (Å²) >= 11 is 0. The second-order valence-electron chi connectivity index (χ2n) is 7.05. The van der Waals surface area contributed by atoms with Crippen LogP contribution >= 0.6 is 0 Å². The van der Waals surface area contributed by atoms with E-state index >= 15 is 0 Å². The van der Waals surface area contributed by atoms with E-state index in [1.54, 1.807) is 0 Å². The molecule has 3 heteroatoms. The van der Waals surface area contributed by atoms with E-state index in [0.717, 1.165) is 44.4 Å². The SMILES string of the molecule is O=C1[C@H]2C[C@H](CCN2Cc2ccccc2)CN1CC1CC1. The Bertz CT molecular complexity index is 511. The highest BCUT2D eigenvalue weighted by Gasteiger charge is 2.42. The fourth-order valence-electron chi connectivity index (χ4n) is 3.91. The molecule has 3 aliphatic rings. The summed E-state index contributed by atoms with van der Waals surface area (Å²) in [5.74, 6) is 1.93. The van der Waals surface area contributed by atoms with Gasteiger partial charge in [0.2, 0.25) is 5.91 Å². The van der Waals surface area contributed by atoms with E-state index in [1.807, 2.05) is 0 Å². The van der Waals surface area contributed by atoms with E-state index in [1.165, 1.54) is 24.8 Å². The minimum Gasteiger partial charge on any atom is -0.341 e. The first-order valence-electron chi connectivity index (χ1n) is 8.36. The van der Waals surface area contributed by atoms with Crippen molar-refractivity contribution in [3.8, 4) is 0 Å². The molecule has 3 fully saturated rings. The molecule has 21 heavy (non-hydrogen) atoms. The summed E-state index contributed by atoms with van der Waals surface area (Å²) < 4.78 is 0. The fraction of sp³-hybridized carbons (Fsp3) is 0.611. The van der Waals surface area contributed by atoms with Crippen LogP contribution < -0.4 is 0 Å². The molecule has 2 bridgehead atoms. The third-order valence-electron chi connectivity index (χ3n) is 5.30. The molecule has 0 unspecified atom stereocenters. The molecule has 1 aromatic rings. The number of carbonyl (C=O) groups is 1. The summed E-state index contributed by atoms with van der Waals surface area (Å²) in [5.41, 5.74) is 1.32. The van der Waals surface area contributed by atoms with Gasteiger partial charge in [0.25, 0.3) is 0 Å². The zero-order valence-corrected chi connectivity index (χ0v) is 12.6. The Morgan fingerprint density at radius 1 is 1.10 bits per heavy atom. The van der Waals surface area contributed by atoms with E-state index < -0.39 is 0 Å². The molecule has 1 amide bonds. The standard InChI is InChI=1S/C18H24N2O/c21-18-17-10-16(13-20(18)12-15-6-7-15)8-9-19(17)11-14-4-2-1-3-5-14/h1-5,15-17H,6-13H2/t16-,17+/m0/s1. The van der Waals surface area contributed by atoms with E-state index in [2.05, 4.69) is 40.1 Å². The maximum atomic E-state index is 12.8. The van der Waals surface area contributed by atoms with E-state index in [9.17, 15) is 4.79 Å². The van der Waals surface area contributed by atoms with Crippen LogP contribution in [0.2, 0.25) is 0 Å². The van der Waals surface area contributed by atoms with Crippen LogP contribution in [0.1, 0.15) is 31.2 Å². The molecule has 2 heterocycles. The molecule has 1 aliphatic carbocycles. The summed E-state index contributed by atoms with van der Waals surface area (Å²) in [6.45, 7) is 4.03. The Balaban J connectivity index is 1.47. The van der Waals surface area contributed by atoms with Gasteiger partial charge < -0.3 is 4.90 Å². The first-order valence-corrected chi connectivity index (χ1v) is 8.36. The average Bonchev–Trinajstić information content (AvgIpc) is 3.32. The molecule has 0 radical (unpaired) electrons.